The van der Waals surface area contributed by atoms with E-state index in [9.17, 15) is 13.2 Å². The number of rotatable bonds is 3. The van der Waals surface area contributed by atoms with Crippen molar-refractivity contribution in [1.29, 1.82) is 0 Å². The van der Waals surface area contributed by atoms with Crippen molar-refractivity contribution >= 4 is 0 Å². The molecule has 0 unspecified atom stereocenters. The summed E-state index contributed by atoms with van der Waals surface area (Å²) >= 11 is 0. The Hall–Kier alpha value is -1.11. The van der Waals surface area contributed by atoms with Crippen molar-refractivity contribution in [2.45, 2.75) is 18.8 Å². The molecule has 0 aliphatic carbocycles. The standard InChI is InChI=1S/C9H10F3NO2/c10-5-3-7(12)6(11)1-4(5)2-8(13)9(14)15/h1,3,8-9,14-15H,2,13H2/t8-/m1/s1. The number of aliphatic hydroxyl groups is 2. The molecular formula is C9H10F3NO2. The highest BCUT2D eigenvalue weighted by Gasteiger charge is 2.16. The van der Waals surface area contributed by atoms with E-state index in [1.54, 1.807) is 0 Å². The highest BCUT2D eigenvalue weighted by molar-refractivity contribution is 5.21. The first kappa shape index (κ1) is 12.0. The van der Waals surface area contributed by atoms with E-state index in [4.69, 9.17) is 15.9 Å². The largest absolute Gasteiger partial charge is 0.367 e. The molecule has 1 rings (SSSR count). The summed E-state index contributed by atoms with van der Waals surface area (Å²) in [5.74, 6) is -3.47. The Balaban J connectivity index is 2.91. The summed E-state index contributed by atoms with van der Waals surface area (Å²) in [7, 11) is 0. The number of halogens is 3. The number of nitrogens with two attached hydrogens (primary N) is 1. The summed E-state index contributed by atoms with van der Waals surface area (Å²) in [6.07, 6.45) is -2.13. The fraction of sp³-hybridized carbons (Fsp3) is 0.333. The van der Waals surface area contributed by atoms with Crippen molar-refractivity contribution in [3.05, 3.63) is 35.1 Å². The van der Waals surface area contributed by atoms with Crippen LogP contribution in [0.25, 0.3) is 0 Å². The molecule has 0 aromatic heterocycles. The second-order valence-electron chi connectivity index (χ2n) is 3.14. The summed E-state index contributed by atoms with van der Waals surface area (Å²) in [4.78, 5) is 0. The van der Waals surface area contributed by atoms with Crippen molar-refractivity contribution < 1.29 is 23.4 Å². The molecule has 15 heavy (non-hydrogen) atoms. The van der Waals surface area contributed by atoms with Gasteiger partial charge in [0, 0.05) is 6.07 Å². The van der Waals surface area contributed by atoms with Crippen LogP contribution in [0.4, 0.5) is 13.2 Å². The molecule has 0 radical (unpaired) electrons. The van der Waals surface area contributed by atoms with E-state index >= 15 is 0 Å². The predicted octanol–water partition coefficient (Wildman–Crippen LogP) is 0.284. The minimum Gasteiger partial charge on any atom is -0.367 e. The van der Waals surface area contributed by atoms with Crippen LogP contribution in [-0.4, -0.2) is 22.5 Å². The minimum absolute atomic E-state index is 0.200. The van der Waals surface area contributed by atoms with Gasteiger partial charge in [-0.15, -0.1) is 0 Å². The van der Waals surface area contributed by atoms with Crippen LogP contribution in [0.2, 0.25) is 0 Å². The van der Waals surface area contributed by atoms with Crippen LogP contribution in [0.15, 0.2) is 12.1 Å². The van der Waals surface area contributed by atoms with Crippen molar-refractivity contribution in [1.82, 2.24) is 0 Å². The van der Waals surface area contributed by atoms with E-state index in [0.717, 1.165) is 0 Å². The second-order valence-corrected chi connectivity index (χ2v) is 3.14. The average Bonchev–Trinajstić information content (AvgIpc) is 2.13. The lowest BCUT2D eigenvalue weighted by Gasteiger charge is -2.14. The molecule has 0 aliphatic rings. The Morgan fingerprint density at radius 2 is 1.60 bits per heavy atom. The molecule has 0 amide bonds. The Morgan fingerprint density at radius 3 is 2.13 bits per heavy atom. The van der Waals surface area contributed by atoms with Crippen LogP contribution in [0, 0.1) is 17.5 Å². The number of benzene rings is 1. The van der Waals surface area contributed by atoms with Gasteiger partial charge in [-0.2, -0.15) is 0 Å². The first-order valence-electron chi connectivity index (χ1n) is 4.17. The Morgan fingerprint density at radius 1 is 1.07 bits per heavy atom. The third-order valence-corrected chi connectivity index (χ3v) is 1.93. The Labute approximate surface area is 84.0 Å². The monoisotopic (exact) mass is 221 g/mol. The lowest BCUT2D eigenvalue weighted by atomic mass is 10.1. The molecule has 1 atom stereocenters. The maximum absolute atomic E-state index is 13.0. The zero-order chi connectivity index (χ0) is 11.6. The van der Waals surface area contributed by atoms with Crippen LogP contribution < -0.4 is 5.73 Å². The maximum atomic E-state index is 13.0. The summed E-state index contributed by atoms with van der Waals surface area (Å²) in [5.41, 5.74) is 5.02. The summed E-state index contributed by atoms with van der Waals surface area (Å²) < 4.78 is 38.2. The zero-order valence-corrected chi connectivity index (χ0v) is 7.62. The van der Waals surface area contributed by atoms with Crippen molar-refractivity contribution in [3.63, 3.8) is 0 Å². The van der Waals surface area contributed by atoms with E-state index in [2.05, 4.69) is 0 Å². The molecule has 84 valence electrons. The predicted molar refractivity (Wildman–Crippen MR) is 46.2 cm³/mol. The molecule has 6 heteroatoms. The summed E-state index contributed by atoms with van der Waals surface area (Å²) in [6, 6.07) is -0.113. The molecule has 1 aromatic carbocycles. The van der Waals surface area contributed by atoms with E-state index in [1.807, 2.05) is 0 Å². The molecule has 0 fully saturated rings. The molecule has 4 N–H and O–H groups in total. The normalized spacial score (nSPS) is 13.3. The van der Waals surface area contributed by atoms with Gasteiger partial charge in [0.15, 0.2) is 17.9 Å². The van der Waals surface area contributed by atoms with E-state index in [0.29, 0.717) is 12.1 Å². The number of hydrogen-bond donors (Lipinski definition) is 3. The molecule has 0 saturated heterocycles. The van der Waals surface area contributed by atoms with Gasteiger partial charge in [0.2, 0.25) is 0 Å². The third-order valence-electron chi connectivity index (χ3n) is 1.93. The van der Waals surface area contributed by atoms with E-state index in [1.165, 1.54) is 0 Å². The quantitative estimate of drug-likeness (QED) is 0.507. The van der Waals surface area contributed by atoms with Gasteiger partial charge in [0.05, 0.1) is 6.04 Å². The van der Waals surface area contributed by atoms with Gasteiger partial charge in [-0.25, -0.2) is 13.2 Å². The fourth-order valence-corrected chi connectivity index (χ4v) is 1.08. The second kappa shape index (κ2) is 4.61. The smallest absolute Gasteiger partial charge is 0.167 e. The number of hydrogen-bond acceptors (Lipinski definition) is 3. The molecule has 0 aliphatic heterocycles. The molecule has 0 bridgehead atoms. The fourth-order valence-electron chi connectivity index (χ4n) is 1.08. The summed E-state index contributed by atoms with van der Waals surface area (Å²) in [5, 5.41) is 17.3. The molecule has 3 nitrogen and oxygen atoms in total. The van der Waals surface area contributed by atoms with Crippen molar-refractivity contribution in [2.24, 2.45) is 5.73 Å². The van der Waals surface area contributed by atoms with Gasteiger partial charge in [-0.3, -0.25) is 0 Å². The van der Waals surface area contributed by atoms with E-state index < -0.39 is 29.8 Å². The third kappa shape index (κ3) is 2.92. The molecule has 0 heterocycles. The summed E-state index contributed by atoms with van der Waals surface area (Å²) in [6.45, 7) is 0. The first-order chi connectivity index (χ1) is 6.91. The van der Waals surface area contributed by atoms with Crippen molar-refractivity contribution in [2.75, 3.05) is 0 Å². The Bertz CT molecular complexity index is 357. The van der Waals surface area contributed by atoms with Gasteiger partial charge < -0.3 is 15.9 Å². The van der Waals surface area contributed by atoms with Crippen LogP contribution in [0.5, 0.6) is 0 Å². The SMILES string of the molecule is N[C@H](Cc1cc(F)c(F)cc1F)C(O)O. The molecular weight excluding hydrogens is 211 g/mol. The minimum atomic E-state index is -1.84. The van der Waals surface area contributed by atoms with Gasteiger partial charge in [-0.1, -0.05) is 0 Å². The van der Waals surface area contributed by atoms with E-state index in [-0.39, 0.29) is 12.0 Å². The zero-order valence-electron chi connectivity index (χ0n) is 7.62. The highest BCUT2D eigenvalue weighted by Crippen LogP contribution is 2.15. The molecule has 1 aromatic rings. The van der Waals surface area contributed by atoms with Crippen LogP contribution >= 0.6 is 0 Å². The van der Waals surface area contributed by atoms with Gasteiger partial charge in [0.1, 0.15) is 5.82 Å². The van der Waals surface area contributed by atoms with Gasteiger partial charge in [0.25, 0.3) is 0 Å². The number of aliphatic hydroxyl groups excluding tert-OH is 1. The topological polar surface area (TPSA) is 66.5 Å². The average molecular weight is 221 g/mol. The molecule has 0 spiro atoms. The van der Waals surface area contributed by atoms with Crippen LogP contribution in [-0.2, 0) is 6.42 Å². The lowest BCUT2D eigenvalue weighted by molar-refractivity contribution is -0.0578. The highest BCUT2D eigenvalue weighted by atomic mass is 19.2. The van der Waals surface area contributed by atoms with Crippen LogP contribution in [0.1, 0.15) is 5.56 Å². The Kier molecular flexibility index (Phi) is 3.67. The van der Waals surface area contributed by atoms with Crippen LogP contribution in [0.3, 0.4) is 0 Å². The lowest BCUT2D eigenvalue weighted by Crippen LogP contribution is -2.36. The molecule has 0 saturated carbocycles. The first-order valence-corrected chi connectivity index (χ1v) is 4.17. The maximum Gasteiger partial charge on any atom is 0.167 e. The van der Waals surface area contributed by atoms with Crippen molar-refractivity contribution in [3.8, 4) is 0 Å². The van der Waals surface area contributed by atoms with Gasteiger partial charge in [-0.05, 0) is 18.1 Å². The van der Waals surface area contributed by atoms with Gasteiger partial charge >= 0.3 is 0 Å².